The minimum Gasteiger partial charge on any atom is -0.487 e. The first-order valence-electron chi connectivity index (χ1n) is 10.2. The Morgan fingerprint density at radius 2 is 1.18 bits per heavy atom. The molecule has 0 fully saturated rings. The third-order valence-corrected chi connectivity index (χ3v) is 5.55. The molecule has 4 aromatic rings. The Labute approximate surface area is 214 Å². The van der Waals surface area contributed by atoms with Crippen LogP contribution >= 0.6 is 31.9 Å². The summed E-state index contributed by atoms with van der Waals surface area (Å²) in [5.74, 6) is 0.985. The molecule has 4 rings (SSSR count). The molecule has 0 saturated carbocycles. The van der Waals surface area contributed by atoms with Gasteiger partial charge in [-0.15, -0.1) is 0 Å². The summed E-state index contributed by atoms with van der Waals surface area (Å²) in [7, 11) is 0. The maximum Gasteiger partial charge on any atom is 0.312 e. The minimum absolute atomic E-state index is 0.0414. The topological polar surface area (TPSA) is 87.6 Å². The second-order valence-corrected chi connectivity index (χ2v) is 8.93. The Morgan fingerprint density at radius 1 is 0.706 bits per heavy atom. The monoisotopic (exact) mass is 584 g/mol. The van der Waals surface area contributed by atoms with Crippen molar-refractivity contribution in [1.82, 2.24) is 0 Å². The van der Waals surface area contributed by atoms with Crippen LogP contribution in [0.25, 0.3) is 0 Å². The SMILES string of the molecule is Nc1cc(Br)ccc1OCc1ccccc1.O=[N+]([O-])c1cc(Br)ccc1OCc1ccccc1. The van der Waals surface area contributed by atoms with Gasteiger partial charge in [0, 0.05) is 15.0 Å². The summed E-state index contributed by atoms with van der Waals surface area (Å²) in [4.78, 5) is 10.4. The molecule has 174 valence electrons. The second-order valence-electron chi connectivity index (χ2n) is 7.10. The molecule has 0 saturated heterocycles. The van der Waals surface area contributed by atoms with Crippen molar-refractivity contribution in [3.05, 3.63) is 127 Å². The lowest BCUT2D eigenvalue weighted by atomic mass is 10.2. The summed E-state index contributed by atoms with van der Waals surface area (Å²) in [5, 5.41) is 10.9. The predicted molar refractivity (Wildman–Crippen MR) is 141 cm³/mol. The lowest BCUT2D eigenvalue weighted by Gasteiger charge is -2.08. The third-order valence-electron chi connectivity index (χ3n) is 4.56. The number of anilines is 1. The van der Waals surface area contributed by atoms with Crippen LogP contribution < -0.4 is 15.2 Å². The molecule has 0 aromatic heterocycles. The van der Waals surface area contributed by atoms with Gasteiger partial charge in [-0.25, -0.2) is 0 Å². The van der Waals surface area contributed by atoms with Gasteiger partial charge in [0.2, 0.25) is 0 Å². The molecule has 0 aliphatic rings. The van der Waals surface area contributed by atoms with Crippen LogP contribution in [0.4, 0.5) is 11.4 Å². The van der Waals surface area contributed by atoms with E-state index in [0.717, 1.165) is 15.6 Å². The van der Waals surface area contributed by atoms with Crippen LogP contribution in [0, 0.1) is 10.1 Å². The number of nitro benzene ring substituents is 1. The molecule has 0 bridgehead atoms. The summed E-state index contributed by atoms with van der Waals surface area (Å²) in [6.07, 6.45) is 0. The van der Waals surface area contributed by atoms with Crippen molar-refractivity contribution in [2.75, 3.05) is 5.73 Å². The van der Waals surface area contributed by atoms with Gasteiger partial charge in [0.1, 0.15) is 19.0 Å². The van der Waals surface area contributed by atoms with Gasteiger partial charge in [-0.3, -0.25) is 10.1 Å². The van der Waals surface area contributed by atoms with E-state index in [0.29, 0.717) is 29.1 Å². The molecule has 6 nitrogen and oxygen atoms in total. The van der Waals surface area contributed by atoms with Gasteiger partial charge in [0.05, 0.1) is 10.6 Å². The standard InChI is InChI=1S/C13H10BrNO3.C13H12BrNO/c14-11-6-7-13(12(8-11)15(16)17)18-9-10-4-2-1-3-5-10;14-11-6-7-13(12(15)8-11)16-9-10-4-2-1-3-5-10/h1-8H,9H2;1-8H,9,15H2. The van der Waals surface area contributed by atoms with Crippen molar-refractivity contribution >= 4 is 43.2 Å². The zero-order valence-corrected chi connectivity index (χ0v) is 21.2. The fourth-order valence-electron chi connectivity index (χ4n) is 2.88. The quantitative estimate of drug-likeness (QED) is 0.137. The molecule has 0 heterocycles. The smallest absolute Gasteiger partial charge is 0.312 e. The van der Waals surface area contributed by atoms with E-state index in [4.69, 9.17) is 15.2 Å². The van der Waals surface area contributed by atoms with E-state index >= 15 is 0 Å². The molecule has 2 N–H and O–H groups in total. The van der Waals surface area contributed by atoms with Crippen molar-refractivity contribution in [2.24, 2.45) is 0 Å². The van der Waals surface area contributed by atoms with Crippen LogP contribution in [-0.4, -0.2) is 4.92 Å². The summed E-state index contributed by atoms with van der Waals surface area (Å²) in [5.41, 5.74) is 8.53. The highest BCUT2D eigenvalue weighted by molar-refractivity contribution is 9.10. The molecular formula is C26H22Br2N2O4. The Kier molecular flexibility index (Phi) is 9.49. The average molecular weight is 586 g/mol. The lowest BCUT2D eigenvalue weighted by Crippen LogP contribution is -1.98. The number of halogens is 2. The largest absolute Gasteiger partial charge is 0.487 e. The normalized spacial score (nSPS) is 10.1. The van der Waals surface area contributed by atoms with E-state index in [1.807, 2.05) is 78.9 Å². The molecule has 0 amide bonds. The van der Waals surface area contributed by atoms with Crippen molar-refractivity contribution in [3.63, 3.8) is 0 Å². The molecule has 0 spiro atoms. The highest BCUT2D eigenvalue weighted by atomic mass is 79.9. The fraction of sp³-hybridized carbons (Fsp3) is 0.0769. The number of ether oxygens (including phenoxy) is 2. The highest BCUT2D eigenvalue weighted by Crippen LogP contribution is 2.30. The van der Waals surface area contributed by atoms with Gasteiger partial charge >= 0.3 is 5.69 Å². The van der Waals surface area contributed by atoms with Gasteiger partial charge in [0.25, 0.3) is 0 Å². The van der Waals surface area contributed by atoms with Gasteiger partial charge in [-0.2, -0.15) is 0 Å². The maximum absolute atomic E-state index is 10.9. The first-order chi connectivity index (χ1) is 16.4. The summed E-state index contributed by atoms with van der Waals surface area (Å²) in [6, 6.07) is 29.9. The van der Waals surface area contributed by atoms with E-state index in [1.54, 1.807) is 12.1 Å². The van der Waals surface area contributed by atoms with Gasteiger partial charge in [-0.05, 0) is 41.5 Å². The van der Waals surface area contributed by atoms with Gasteiger partial charge < -0.3 is 15.2 Å². The Bertz CT molecular complexity index is 1220. The molecular weight excluding hydrogens is 564 g/mol. The number of rotatable bonds is 7. The highest BCUT2D eigenvalue weighted by Gasteiger charge is 2.15. The number of nitrogens with two attached hydrogens (primary N) is 1. The third kappa shape index (κ3) is 7.90. The summed E-state index contributed by atoms with van der Waals surface area (Å²) < 4.78 is 12.7. The fourth-order valence-corrected chi connectivity index (χ4v) is 3.60. The van der Waals surface area contributed by atoms with Crippen LogP contribution in [-0.2, 0) is 13.2 Å². The Balaban J connectivity index is 0.000000192. The summed E-state index contributed by atoms with van der Waals surface area (Å²) >= 11 is 6.56. The van der Waals surface area contributed by atoms with Crippen LogP contribution in [0.5, 0.6) is 11.5 Å². The molecule has 0 aliphatic heterocycles. The van der Waals surface area contributed by atoms with E-state index < -0.39 is 4.92 Å². The van der Waals surface area contributed by atoms with Crippen LogP contribution in [0.2, 0.25) is 0 Å². The first-order valence-corrected chi connectivity index (χ1v) is 11.8. The van der Waals surface area contributed by atoms with Crippen molar-refractivity contribution in [1.29, 1.82) is 0 Å². The average Bonchev–Trinajstić information content (AvgIpc) is 2.84. The predicted octanol–water partition coefficient (Wildman–Crippen LogP) is 7.55. The molecule has 0 atom stereocenters. The van der Waals surface area contributed by atoms with Crippen molar-refractivity contribution < 1.29 is 14.4 Å². The Morgan fingerprint density at radius 3 is 1.68 bits per heavy atom. The number of benzene rings is 4. The molecule has 34 heavy (non-hydrogen) atoms. The molecule has 4 aromatic carbocycles. The van der Waals surface area contributed by atoms with Crippen LogP contribution in [0.1, 0.15) is 11.1 Å². The lowest BCUT2D eigenvalue weighted by molar-refractivity contribution is -0.386. The van der Waals surface area contributed by atoms with Crippen molar-refractivity contribution in [2.45, 2.75) is 13.2 Å². The van der Waals surface area contributed by atoms with Crippen LogP contribution in [0.15, 0.2) is 106 Å². The number of nitrogen functional groups attached to an aromatic ring is 1. The first kappa shape index (κ1) is 25.3. The zero-order valence-electron chi connectivity index (χ0n) is 18.1. The van der Waals surface area contributed by atoms with E-state index in [2.05, 4.69) is 31.9 Å². The van der Waals surface area contributed by atoms with E-state index in [-0.39, 0.29) is 11.4 Å². The zero-order chi connectivity index (χ0) is 24.3. The number of nitro groups is 1. The second kappa shape index (κ2) is 12.8. The number of hydrogen-bond acceptors (Lipinski definition) is 5. The number of nitrogens with zero attached hydrogens (tertiary/aromatic N) is 1. The van der Waals surface area contributed by atoms with E-state index in [9.17, 15) is 10.1 Å². The van der Waals surface area contributed by atoms with Gasteiger partial charge in [-0.1, -0.05) is 92.5 Å². The van der Waals surface area contributed by atoms with Crippen molar-refractivity contribution in [3.8, 4) is 11.5 Å². The Hall–Kier alpha value is -3.36. The molecule has 0 unspecified atom stereocenters. The molecule has 0 radical (unpaired) electrons. The van der Waals surface area contributed by atoms with E-state index in [1.165, 1.54) is 6.07 Å². The number of hydrogen-bond donors (Lipinski definition) is 1. The maximum atomic E-state index is 10.9. The van der Waals surface area contributed by atoms with Crippen LogP contribution in [0.3, 0.4) is 0 Å². The van der Waals surface area contributed by atoms with Gasteiger partial charge in [0.15, 0.2) is 5.75 Å². The molecule has 8 heteroatoms. The summed E-state index contributed by atoms with van der Waals surface area (Å²) in [6.45, 7) is 0.843. The minimum atomic E-state index is -0.453. The molecule has 0 aliphatic carbocycles.